The number of methoxy groups -OCH3 is 1. The molecule has 0 aromatic carbocycles. The average Bonchev–Trinajstić information content (AvgIpc) is 3.51. The van der Waals surface area contributed by atoms with Crippen LogP contribution in [-0.4, -0.2) is 77.3 Å². The molecule has 0 bridgehead atoms. The molecule has 9 nitrogen and oxygen atoms in total. The lowest BCUT2D eigenvalue weighted by Gasteiger charge is -2.60. The Hall–Kier alpha value is -2.59. The van der Waals surface area contributed by atoms with Crippen molar-refractivity contribution in [3.63, 3.8) is 0 Å². The lowest BCUT2D eigenvalue weighted by atomic mass is 9.45. The first kappa shape index (κ1) is 38.6. The summed E-state index contributed by atoms with van der Waals surface area (Å²) in [5.41, 5.74) is 0.638. The van der Waals surface area contributed by atoms with E-state index in [1.54, 1.807) is 12.2 Å². The highest BCUT2D eigenvalue weighted by Gasteiger charge is 2.59. The number of ether oxygens (including phenoxy) is 2. The number of carbonyl (C=O) groups is 3. The van der Waals surface area contributed by atoms with Crippen LogP contribution in [-0.2, 0) is 23.9 Å². The molecular weight excluding hydrogens is 636 g/mol. The van der Waals surface area contributed by atoms with Crippen molar-refractivity contribution in [2.45, 2.75) is 111 Å². The van der Waals surface area contributed by atoms with Gasteiger partial charge >= 0.3 is 11.9 Å². The summed E-state index contributed by atoms with van der Waals surface area (Å²) in [6.07, 6.45) is 8.39. The maximum atomic E-state index is 14.5. The Morgan fingerprint density at radius 3 is 1.92 bits per heavy atom. The number of Topliss-reactive ketones (excluding diaryl/α,β-unsaturated/α-hetero) is 1. The van der Waals surface area contributed by atoms with Gasteiger partial charge in [-0.15, -0.1) is 0 Å². The van der Waals surface area contributed by atoms with E-state index in [9.17, 15) is 34.8 Å². The largest absolute Gasteiger partial charge is 0.466 e. The van der Waals surface area contributed by atoms with Gasteiger partial charge in [0.05, 0.1) is 38.4 Å². The van der Waals surface area contributed by atoms with Crippen LogP contribution >= 0.6 is 0 Å². The molecule has 1 aliphatic heterocycles. The van der Waals surface area contributed by atoms with Crippen molar-refractivity contribution in [2.75, 3.05) is 26.9 Å². The third kappa shape index (κ3) is 6.39. The van der Waals surface area contributed by atoms with Crippen molar-refractivity contribution in [3.05, 3.63) is 47.6 Å². The minimum atomic E-state index is -0.834. The van der Waals surface area contributed by atoms with Crippen molar-refractivity contribution in [3.8, 4) is 0 Å². The summed E-state index contributed by atoms with van der Waals surface area (Å²) in [6, 6.07) is 0. The third-order valence-corrected chi connectivity index (χ3v) is 14.8. The molecule has 4 aliphatic carbocycles. The molecule has 3 unspecified atom stereocenters. The molecule has 278 valence electrons. The number of aliphatic hydroxyl groups excluding tert-OH is 4. The maximum absolute atomic E-state index is 14.5. The summed E-state index contributed by atoms with van der Waals surface area (Å²) in [6.45, 7) is 17.0. The summed E-state index contributed by atoms with van der Waals surface area (Å²) < 4.78 is 10.5. The van der Waals surface area contributed by atoms with Gasteiger partial charge in [0, 0.05) is 28.4 Å². The Kier molecular flexibility index (Phi) is 11.2. The van der Waals surface area contributed by atoms with Crippen LogP contribution in [0.15, 0.2) is 47.6 Å². The molecule has 0 aromatic heterocycles. The molecular formula is C41H60O9. The van der Waals surface area contributed by atoms with Gasteiger partial charge in [-0.3, -0.25) is 4.79 Å². The number of fused-ring (bicyclic) bond motifs is 2. The van der Waals surface area contributed by atoms with Crippen LogP contribution < -0.4 is 0 Å². The van der Waals surface area contributed by atoms with Gasteiger partial charge in [-0.1, -0.05) is 58.1 Å². The van der Waals surface area contributed by atoms with Crippen LogP contribution in [0.25, 0.3) is 0 Å². The highest BCUT2D eigenvalue weighted by atomic mass is 16.5. The minimum absolute atomic E-state index is 0.00703. The maximum Gasteiger partial charge on any atom is 0.334 e. The highest BCUT2D eigenvalue weighted by Crippen LogP contribution is 2.63. The van der Waals surface area contributed by atoms with Crippen molar-refractivity contribution < 1.29 is 44.3 Å². The van der Waals surface area contributed by atoms with E-state index >= 15 is 0 Å². The topological polar surface area (TPSA) is 151 Å². The second-order valence-corrected chi connectivity index (χ2v) is 17.2. The number of hydrogen-bond acceptors (Lipinski definition) is 9. The number of allylic oxidation sites excluding steroid dienone is 3. The number of carbonyl (C=O) groups excluding carboxylic acids is 3. The SMILES string of the molecule is C=C1CCC2[C@](C)(CO)[C@H](O)CC[C@@]2(C)[C@@H]1C/C=C(\CC(=O)C(C[C@@H]1C(=C)CCC2[C@](C)(CO)[C@H](O)CC[C@]21C)C1=CCOC1=O)C(=O)OC. The van der Waals surface area contributed by atoms with Gasteiger partial charge in [-0.05, 0) is 105 Å². The molecule has 50 heavy (non-hydrogen) atoms. The van der Waals surface area contributed by atoms with Crippen molar-refractivity contribution in [1.29, 1.82) is 0 Å². The zero-order valence-corrected chi connectivity index (χ0v) is 30.8. The summed E-state index contributed by atoms with van der Waals surface area (Å²) >= 11 is 0. The van der Waals surface area contributed by atoms with Crippen LogP contribution in [0.5, 0.6) is 0 Å². The normalized spacial score (nSPS) is 41.1. The van der Waals surface area contributed by atoms with E-state index in [0.29, 0.717) is 44.1 Å². The number of aliphatic hydroxyl groups is 4. The Labute approximate surface area is 297 Å². The Balaban J connectivity index is 1.44. The van der Waals surface area contributed by atoms with E-state index in [1.165, 1.54) is 7.11 Å². The molecule has 1 heterocycles. The predicted molar refractivity (Wildman–Crippen MR) is 189 cm³/mol. The Bertz CT molecular complexity index is 1440. The summed E-state index contributed by atoms with van der Waals surface area (Å²) in [5.74, 6) is -2.36. The van der Waals surface area contributed by atoms with E-state index in [4.69, 9.17) is 9.47 Å². The van der Waals surface area contributed by atoms with Gasteiger partial charge in [-0.2, -0.15) is 0 Å². The second-order valence-electron chi connectivity index (χ2n) is 17.2. The smallest absolute Gasteiger partial charge is 0.334 e. The molecule has 5 rings (SSSR count). The molecule has 0 amide bonds. The second kappa shape index (κ2) is 14.4. The van der Waals surface area contributed by atoms with E-state index < -0.39 is 40.9 Å². The summed E-state index contributed by atoms with van der Waals surface area (Å²) in [7, 11) is 1.30. The number of cyclic esters (lactones) is 1. The lowest BCUT2D eigenvalue weighted by Crippen LogP contribution is -2.57. The van der Waals surface area contributed by atoms with Crippen LogP contribution in [0, 0.1) is 51.2 Å². The molecule has 5 aliphatic rings. The van der Waals surface area contributed by atoms with Gasteiger partial charge in [-0.25, -0.2) is 9.59 Å². The number of rotatable bonds is 11. The third-order valence-electron chi connectivity index (χ3n) is 14.8. The molecule has 4 fully saturated rings. The number of hydrogen-bond donors (Lipinski definition) is 4. The van der Waals surface area contributed by atoms with E-state index in [2.05, 4.69) is 27.0 Å². The van der Waals surface area contributed by atoms with Crippen LogP contribution in [0.2, 0.25) is 0 Å². The molecule has 0 radical (unpaired) electrons. The lowest BCUT2D eigenvalue weighted by molar-refractivity contribution is -0.154. The molecule has 4 N–H and O–H groups in total. The van der Waals surface area contributed by atoms with Crippen molar-refractivity contribution >= 4 is 17.7 Å². The van der Waals surface area contributed by atoms with Crippen molar-refractivity contribution in [1.82, 2.24) is 0 Å². The standard InChI is InChI=1S/C41H60O9/c1-24-8-12-32-38(3,17-14-34(45)40(32,5)22-42)29(24)11-10-26(36(47)49-7)20-31(44)28(27-16-19-50-37(27)48)21-30-25(2)9-13-33-39(30,4)18-15-35(46)41(33,6)23-43/h10,16,28-30,32-35,42-43,45-46H,1-2,8-9,11-15,17-23H2,3-7H3/b26-10+/t28?,29-,30-,32?,33?,34-,35-,38+,39+,40+,41+/m1/s1. The molecule has 4 saturated carbocycles. The van der Waals surface area contributed by atoms with Gasteiger partial charge in [0.2, 0.25) is 0 Å². The quantitative estimate of drug-likeness (QED) is 0.126. The molecule has 0 saturated heterocycles. The first-order valence-corrected chi connectivity index (χ1v) is 18.6. The van der Waals surface area contributed by atoms with E-state index in [0.717, 1.165) is 36.8 Å². The van der Waals surface area contributed by atoms with Gasteiger partial charge < -0.3 is 29.9 Å². The summed E-state index contributed by atoms with van der Waals surface area (Å²) in [5, 5.41) is 42.8. The fraction of sp³-hybridized carbons (Fsp3) is 0.732. The van der Waals surface area contributed by atoms with E-state index in [1.807, 2.05) is 13.8 Å². The summed E-state index contributed by atoms with van der Waals surface area (Å²) in [4.78, 5) is 40.8. The minimum Gasteiger partial charge on any atom is -0.466 e. The fourth-order valence-corrected chi connectivity index (χ4v) is 11.5. The Morgan fingerprint density at radius 1 is 0.920 bits per heavy atom. The van der Waals surface area contributed by atoms with Crippen molar-refractivity contribution in [2.24, 2.45) is 51.2 Å². The Morgan fingerprint density at radius 2 is 1.44 bits per heavy atom. The first-order valence-electron chi connectivity index (χ1n) is 18.6. The van der Waals surface area contributed by atoms with E-state index in [-0.39, 0.29) is 72.1 Å². The van der Waals surface area contributed by atoms with Gasteiger partial charge in [0.1, 0.15) is 12.4 Å². The molecule has 9 heteroatoms. The van der Waals surface area contributed by atoms with Crippen LogP contribution in [0.1, 0.15) is 98.3 Å². The van der Waals surface area contributed by atoms with Crippen LogP contribution in [0.4, 0.5) is 0 Å². The monoisotopic (exact) mass is 696 g/mol. The van der Waals surface area contributed by atoms with Crippen LogP contribution in [0.3, 0.4) is 0 Å². The molecule has 0 spiro atoms. The highest BCUT2D eigenvalue weighted by molar-refractivity contribution is 6.02. The number of ketones is 1. The zero-order valence-electron chi connectivity index (χ0n) is 30.8. The average molecular weight is 697 g/mol. The zero-order chi connectivity index (χ0) is 36.8. The molecule has 0 aromatic rings. The van der Waals surface area contributed by atoms with Gasteiger partial charge in [0.25, 0.3) is 0 Å². The fourth-order valence-electron chi connectivity index (χ4n) is 11.5. The molecule has 11 atom stereocenters. The first-order chi connectivity index (χ1) is 23.5. The van der Waals surface area contributed by atoms with Gasteiger partial charge in [0.15, 0.2) is 0 Å². The number of esters is 2. The predicted octanol–water partition coefficient (Wildman–Crippen LogP) is 5.41.